The minimum Gasteiger partial charge on any atom is -0.385 e. The summed E-state index contributed by atoms with van der Waals surface area (Å²) in [4.78, 5) is 11.4. The maximum atomic E-state index is 11.4. The number of rotatable bonds is 0. The summed E-state index contributed by atoms with van der Waals surface area (Å²) in [6.07, 6.45) is 0.0116. The van der Waals surface area contributed by atoms with E-state index in [0.717, 1.165) is 6.42 Å². The molecule has 1 rings (SSSR count). The van der Waals surface area contributed by atoms with Gasteiger partial charge in [-0.25, -0.2) is 0 Å². The van der Waals surface area contributed by atoms with Gasteiger partial charge in [-0.1, -0.05) is 27.7 Å². The summed E-state index contributed by atoms with van der Waals surface area (Å²) in [5.74, 6) is -0.0116. The second-order valence-corrected chi connectivity index (χ2v) is 4.82. The Balaban J connectivity index is 2.96. The Kier molecular flexibility index (Phi) is 1.64. The van der Waals surface area contributed by atoms with Crippen LogP contribution in [0.2, 0.25) is 0 Å². The van der Waals surface area contributed by atoms with Crippen molar-refractivity contribution in [1.29, 1.82) is 0 Å². The molecule has 1 fully saturated rings. The van der Waals surface area contributed by atoms with Crippen molar-refractivity contribution < 1.29 is 9.90 Å². The molecule has 0 bridgehead atoms. The van der Waals surface area contributed by atoms with Crippen LogP contribution in [-0.4, -0.2) is 17.0 Å². The lowest BCUT2D eigenvalue weighted by Gasteiger charge is -2.21. The molecule has 1 unspecified atom stereocenters. The molecule has 0 saturated heterocycles. The molecular weight excluding hydrogens is 140 g/mol. The van der Waals surface area contributed by atoms with Crippen molar-refractivity contribution in [2.45, 2.75) is 40.2 Å². The van der Waals surface area contributed by atoms with Gasteiger partial charge in [-0.3, -0.25) is 4.79 Å². The predicted molar refractivity (Wildman–Crippen MR) is 43.2 cm³/mol. The van der Waals surface area contributed by atoms with E-state index in [2.05, 4.69) is 0 Å². The van der Waals surface area contributed by atoms with E-state index in [0.29, 0.717) is 0 Å². The van der Waals surface area contributed by atoms with E-state index in [9.17, 15) is 9.90 Å². The number of aliphatic hydroxyl groups excluding tert-OH is 1. The van der Waals surface area contributed by atoms with Crippen molar-refractivity contribution in [3.8, 4) is 0 Å². The quantitative estimate of drug-likeness (QED) is 0.575. The molecule has 2 nitrogen and oxygen atoms in total. The lowest BCUT2D eigenvalue weighted by Crippen LogP contribution is -2.29. The van der Waals surface area contributed by atoms with E-state index >= 15 is 0 Å². The first-order valence-corrected chi connectivity index (χ1v) is 4.00. The smallest absolute Gasteiger partial charge is 0.167 e. The molecule has 1 saturated carbocycles. The summed E-state index contributed by atoms with van der Waals surface area (Å²) in [6, 6.07) is 0. The third kappa shape index (κ3) is 1.20. The van der Waals surface area contributed by atoms with Crippen molar-refractivity contribution >= 4 is 5.78 Å². The van der Waals surface area contributed by atoms with Gasteiger partial charge in [0.05, 0.1) is 0 Å². The first kappa shape index (κ1) is 8.72. The van der Waals surface area contributed by atoms with Crippen LogP contribution in [0.1, 0.15) is 34.1 Å². The van der Waals surface area contributed by atoms with E-state index in [4.69, 9.17) is 0 Å². The Hall–Kier alpha value is -0.370. The molecule has 1 atom stereocenters. The van der Waals surface area contributed by atoms with E-state index in [1.54, 1.807) is 0 Å². The molecule has 2 heteroatoms. The Morgan fingerprint density at radius 1 is 1.36 bits per heavy atom. The van der Waals surface area contributed by atoms with Crippen LogP contribution < -0.4 is 0 Å². The monoisotopic (exact) mass is 156 g/mol. The zero-order valence-corrected chi connectivity index (χ0v) is 7.64. The molecule has 0 heterocycles. The molecule has 0 amide bonds. The zero-order valence-electron chi connectivity index (χ0n) is 7.64. The topological polar surface area (TPSA) is 37.3 Å². The Morgan fingerprint density at radius 3 is 1.91 bits per heavy atom. The molecule has 0 aliphatic heterocycles. The van der Waals surface area contributed by atoms with Crippen LogP contribution in [0.3, 0.4) is 0 Å². The van der Waals surface area contributed by atoms with E-state index in [1.807, 2.05) is 27.7 Å². The maximum absolute atomic E-state index is 11.4. The number of hydrogen-bond acceptors (Lipinski definition) is 2. The second kappa shape index (κ2) is 2.07. The van der Waals surface area contributed by atoms with Crippen LogP contribution >= 0.6 is 0 Å². The van der Waals surface area contributed by atoms with Gasteiger partial charge in [-0.15, -0.1) is 0 Å². The van der Waals surface area contributed by atoms with Crippen molar-refractivity contribution in [2.75, 3.05) is 0 Å². The molecule has 1 aliphatic rings. The average molecular weight is 156 g/mol. The highest BCUT2D eigenvalue weighted by Crippen LogP contribution is 2.45. The van der Waals surface area contributed by atoms with Crippen LogP contribution in [-0.2, 0) is 4.79 Å². The van der Waals surface area contributed by atoms with Crippen LogP contribution in [0, 0.1) is 10.8 Å². The molecule has 0 spiro atoms. The Labute approximate surface area is 67.6 Å². The van der Waals surface area contributed by atoms with Crippen molar-refractivity contribution in [3.63, 3.8) is 0 Å². The predicted octanol–water partition coefficient (Wildman–Crippen LogP) is 1.37. The van der Waals surface area contributed by atoms with Crippen molar-refractivity contribution in [2.24, 2.45) is 10.8 Å². The number of aliphatic hydroxyl groups is 1. The standard InChI is InChI=1S/C9H16O2/c1-8(2)5-9(3,4)7(11)6(8)10/h6,10H,5H2,1-4H3. The van der Waals surface area contributed by atoms with E-state index < -0.39 is 6.10 Å². The fraction of sp³-hybridized carbons (Fsp3) is 0.889. The third-order valence-electron chi connectivity index (χ3n) is 2.55. The molecule has 1 N–H and O–H groups in total. The largest absolute Gasteiger partial charge is 0.385 e. The van der Waals surface area contributed by atoms with Gasteiger partial charge >= 0.3 is 0 Å². The van der Waals surface area contributed by atoms with Crippen LogP contribution in [0.5, 0.6) is 0 Å². The summed E-state index contributed by atoms with van der Waals surface area (Å²) in [5.41, 5.74) is -0.566. The molecule has 0 aromatic carbocycles. The number of Topliss-reactive ketones (excluding diaryl/α,β-unsaturated/α-hetero) is 1. The number of carbonyl (C=O) groups is 1. The van der Waals surface area contributed by atoms with Crippen LogP contribution in [0.25, 0.3) is 0 Å². The average Bonchev–Trinajstić information content (AvgIpc) is 1.91. The molecule has 64 valence electrons. The fourth-order valence-corrected chi connectivity index (χ4v) is 2.05. The summed E-state index contributed by atoms with van der Waals surface area (Å²) < 4.78 is 0. The maximum Gasteiger partial charge on any atom is 0.167 e. The second-order valence-electron chi connectivity index (χ2n) is 4.82. The highest BCUT2D eigenvalue weighted by Gasteiger charge is 2.51. The fourth-order valence-electron chi connectivity index (χ4n) is 2.05. The van der Waals surface area contributed by atoms with E-state index in [-0.39, 0.29) is 16.6 Å². The summed E-state index contributed by atoms with van der Waals surface area (Å²) in [5, 5.41) is 9.51. The van der Waals surface area contributed by atoms with Gasteiger partial charge in [0.1, 0.15) is 6.10 Å². The van der Waals surface area contributed by atoms with Crippen LogP contribution in [0.15, 0.2) is 0 Å². The first-order chi connectivity index (χ1) is 4.77. The van der Waals surface area contributed by atoms with Gasteiger partial charge in [0.25, 0.3) is 0 Å². The van der Waals surface area contributed by atoms with Gasteiger partial charge < -0.3 is 5.11 Å². The van der Waals surface area contributed by atoms with Crippen LogP contribution in [0.4, 0.5) is 0 Å². The normalized spacial score (nSPS) is 34.3. The lowest BCUT2D eigenvalue weighted by molar-refractivity contribution is -0.132. The van der Waals surface area contributed by atoms with Gasteiger partial charge in [0, 0.05) is 5.41 Å². The molecule has 0 radical (unpaired) electrons. The number of hydrogen-bond donors (Lipinski definition) is 1. The summed E-state index contributed by atoms with van der Waals surface area (Å²) >= 11 is 0. The Bertz CT molecular complexity index is 192. The van der Waals surface area contributed by atoms with Crippen molar-refractivity contribution in [3.05, 3.63) is 0 Å². The third-order valence-corrected chi connectivity index (χ3v) is 2.55. The number of carbonyl (C=O) groups excluding carboxylic acids is 1. The molecule has 0 aromatic rings. The zero-order chi connectivity index (χ0) is 8.86. The molecule has 1 aliphatic carbocycles. The van der Waals surface area contributed by atoms with E-state index in [1.165, 1.54) is 0 Å². The molecule has 0 aromatic heterocycles. The molecular formula is C9H16O2. The summed E-state index contributed by atoms with van der Waals surface area (Å²) in [6.45, 7) is 7.66. The minimum atomic E-state index is -0.766. The highest BCUT2D eigenvalue weighted by atomic mass is 16.3. The van der Waals surface area contributed by atoms with Crippen molar-refractivity contribution in [1.82, 2.24) is 0 Å². The van der Waals surface area contributed by atoms with Gasteiger partial charge in [0.15, 0.2) is 5.78 Å². The van der Waals surface area contributed by atoms with Gasteiger partial charge in [0.2, 0.25) is 0 Å². The first-order valence-electron chi connectivity index (χ1n) is 4.00. The minimum absolute atomic E-state index is 0.0116. The highest BCUT2D eigenvalue weighted by molar-refractivity contribution is 5.91. The number of ketones is 1. The Morgan fingerprint density at radius 2 is 1.82 bits per heavy atom. The SMILES string of the molecule is CC1(C)CC(C)(C)C(O)C1=O. The van der Waals surface area contributed by atoms with Gasteiger partial charge in [-0.2, -0.15) is 0 Å². The molecule has 11 heavy (non-hydrogen) atoms. The van der Waals surface area contributed by atoms with Gasteiger partial charge in [-0.05, 0) is 11.8 Å². The lowest BCUT2D eigenvalue weighted by atomic mass is 9.84. The summed E-state index contributed by atoms with van der Waals surface area (Å²) in [7, 11) is 0.